The van der Waals surface area contributed by atoms with Crippen molar-refractivity contribution >= 4 is 29.2 Å². The summed E-state index contributed by atoms with van der Waals surface area (Å²) in [6, 6.07) is 14.1. The Hall–Kier alpha value is -3.45. The number of aromatic hydroxyl groups is 1. The third-order valence-corrected chi connectivity index (χ3v) is 4.08. The number of hydrogen-bond donors (Lipinski definition) is 2. The maximum atomic E-state index is 12.3. The number of furan rings is 1. The number of esters is 1. The molecule has 0 radical (unpaired) electrons. The third kappa shape index (κ3) is 5.30. The summed E-state index contributed by atoms with van der Waals surface area (Å²) in [7, 11) is 0. The van der Waals surface area contributed by atoms with Gasteiger partial charge in [-0.05, 0) is 55.5 Å². The molecule has 150 valence electrons. The highest BCUT2D eigenvalue weighted by atomic mass is 35.5. The highest BCUT2D eigenvalue weighted by Gasteiger charge is 2.16. The smallest absolute Gasteiger partial charge is 0.341 e. The summed E-state index contributed by atoms with van der Waals surface area (Å²) < 4.78 is 15.9. The lowest BCUT2D eigenvalue weighted by Crippen LogP contribution is -2.11. The molecule has 0 bridgehead atoms. The van der Waals surface area contributed by atoms with Crippen LogP contribution in [0.2, 0.25) is 5.02 Å². The summed E-state index contributed by atoms with van der Waals surface area (Å²) in [5.74, 6) is -0.281. The van der Waals surface area contributed by atoms with Crippen LogP contribution in [-0.2, 0) is 11.3 Å². The number of carbonyl (C=O) groups excluding carboxylic acids is 2. The van der Waals surface area contributed by atoms with Crippen LogP contribution >= 0.6 is 11.6 Å². The number of benzene rings is 2. The van der Waals surface area contributed by atoms with E-state index in [0.29, 0.717) is 22.2 Å². The number of rotatable bonds is 7. The number of phenolic OH excluding ortho intramolecular Hbond substituents is 1. The van der Waals surface area contributed by atoms with Crippen molar-refractivity contribution in [1.82, 2.24) is 0 Å². The lowest BCUT2D eigenvalue weighted by atomic mass is 10.2. The maximum Gasteiger partial charge on any atom is 0.341 e. The number of halogens is 1. The molecule has 3 aromatic rings. The van der Waals surface area contributed by atoms with Gasteiger partial charge in [0.2, 0.25) is 0 Å². The van der Waals surface area contributed by atoms with Crippen LogP contribution in [0.25, 0.3) is 0 Å². The number of nitrogens with one attached hydrogen (secondary N) is 1. The summed E-state index contributed by atoms with van der Waals surface area (Å²) in [5.41, 5.74) is 0.320. The zero-order chi connectivity index (χ0) is 20.8. The molecule has 0 unspecified atom stereocenters. The van der Waals surface area contributed by atoms with Crippen molar-refractivity contribution in [1.29, 1.82) is 0 Å². The van der Waals surface area contributed by atoms with Gasteiger partial charge in [-0.2, -0.15) is 0 Å². The standard InChI is InChI=1S/C21H18ClNO6/c1-2-27-21(26)17-9-5-14(11-18(17)24)23-20(25)19-10-8-16(29-19)12-28-15-6-3-13(22)4-7-15/h3-11,24H,2,12H2,1H3,(H,23,25). The van der Waals surface area contributed by atoms with Crippen LogP contribution in [-0.4, -0.2) is 23.6 Å². The molecular weight excluding hydrogens is 398 g/mol. The molecule has 0 aliphatic rings. The van der Waals surface area contributed by atoms with Crippen molar-refractivity contribution in [3.05, 3.63) is 76.7 Å². The predicted molar refractivity (Wildman–Crippen MR) is 107 cm³/mol. The van der Waals surface area contributed by atoms with Crippen LogP contribution in [0.3, 0.4) is 0 Å². The van der Waals surface area contributed by atoms with Crippen LogP contribution in [0, 0.1) is 0 Å². The molecule has 0 saturated carbocycles. The topological polar surface area (TPSA) is 98.0 Å². The minimum Gasteiger partial charge on any atom is -0.507 e. The number of carbonyl (C=O) groups is 2. The highest BCUT2D eigenvalue weighted by Crippen LogP contribution is 2.24. The van der Waals surface area contributed by atoms with Gasteiger partial charge in [-0.15, -0.1) is 0 Å². The molecule has 1 heterocycles. The van der Waals surface area contributed by atoms with E-state index in [0.717, 1.165) is 0 Å². The molecule has 7 nitrogen and oxygen atoms in total. The van der Waals surface area contributed by atoms with Crippen LogP contribution in [0.15, 0.2) is 59.0 Å². The normalized spacial score (nSPS) is 10.4. The van der Waals surface area contributed by atoms with Crippen molar-refractivity contribution in [3.8, 4) is 11.5 Å². The first-order valence-electron chi connectivity index (χ1n) is 8.75. The monoisotopic (exact) mass is 415 g/mol. The van der Waals surface area contributed by atoms with Gasteiger partial charge in [0.05, 0.1) is 6.61 Å². The summed E-state index contributed by atoms with van der Waals surface area (Å²) in [6.45, 7) is 2.00. The Morgan fingerprint density at radius 1 is 1.10 bits per heavy atom. The fourth-order valence-corrected chi connectivity index (χ4v) is 2.57. The zero-order valence-corrected chi connectivity index (χ0v) is 16.2. The summed E-state index contributed by atoms with van der Waals surface area (Å²) in [5, 5.41) is 13.2. The van der Waals surface area contributed by atoms with E-state index in [-0.39, 0.29) is 30.3 Å². The number of phenols is 1. The molecule has 0 aliphatic heterocycles. The fourth-order valence-electron chi connectivity index (χ4n) is 2.45. The first-order chi connectivity index (χ1) is 14.0. The van der Waals surface area contributed by atoms with Gasteiger partial charge >= 0.3 is 5.97 Å². The van der Waals surface area contributed by atoms with Gasteiger partial charge in [0.15, 0.2) is 5.76 Å². The second-order valence-electron chi connectivity index (χ2n) is 5.92. The zero-order valence-electron chi connectivity index (χ0n) is 15.5. The average Bonchev–Trinajstić information content (AvgIpc) is 3.17. The number of hydrogen-bond acceptors (Lipinski definition) is 6. The maximum absolute atomic E-state index is 12.3. The van der Waals surface area contributed by atoms with Gasteiger partial charge in [0, 0.05) is 16.8 Å². The minimum atomic E-state index is -0.640. The van der Waals surface area contributed by atoms with E-state index in [4.69, 9.17) is 25.5 Å². The van der Waals surface area contributed by atoms with Crippen LogP contribution in [0.5, 0.6) is 11.5 Å². The SMILES string of the molecule is CCOC(=O)c1ccc(NC(=O)c2ccc(COc3ccc(Cl)cc3)o2)cc1O. The van der Waals surface area contributed by atoms with Gasteiger partial charge < -0.3 is 24.3 Å². The molecule has 0 saturated heterocycles. The molecule has 1 aromatic heterocycles. The van der Waals surface area contributed by atoms with Crippen molar-refractivity contribution < 1.29 is 28.6 Å². The summed E-state index contributed by atoms with van der Waals surface area (Å²) in [6.07, 6.45) is 0. The van der Waals surface area contributed by atoms with Gasteiger partial charge in [-0.3, -0.25) is 4.79 Å². The molecule has 2 aromatic carbocycles. The molecule has 29 heavy (non-hydrogen) atoms. The van der Waals surface area contributed by atoms with E-state index < -0.39 is 11.9 Å². The molecule has 3 rings (SSSR count). The molecule has 2 N–H and O–H groups in total. The van der Waals surface area contributed by atoms with Gasteiger partial charge in [-0.25, -0.2) is 4.79 Å². The first-order valence-corrected chi connectivity index (χ1v) is 9.12. The van der Waals surface area contributed by atoms with E-state index in [1.165, 1.54) is 24.3 Å². The van der Waals surface area contributed by atoms with Crippen molar-refractivity contribution in [2.24, 2.45) is 0 Å². The number of anilines is 1. The second-order valence-corrected chi connectivity index (χ2v) is 6.35. The van der Waals surface area contributed by atoms with Gasteiger partial charge in [0.1, 0.15) is 29.4 Å². The van der Waals surface area contributed by atoms with Crippen LogP contribution < -0.4 is 10.1 Å². The number of ether oxygens (including phenoxy) is 2. The predicted octanol–water partition coefficient (Wildman–Crippen LogP) is 4.65. The molecular formula is C21H18ClNO6. The second kappa shape index (κ2) is 9.16. The van der Waals surface area contributed by atoms with Crippen molar-refractivity contribution in [2.45, 2.75) is 13.5 Å². The molecule has 0 fully saturated rings. The fraction of sp³-hybridized carbons (Fsp3) is 0.143. The quantitative estimate of drug-likeness (QED) is 0.545. The highest BCUT2D eigenvalue weighted by molar-refractivity contribution is 6.30. The molecule has 0 spiro atoms. The summed E-state index contributed by atoms with van der Waals surface area (Å²) in [4.78, 5) is 24.0. The van der Waals surface area contributed by atoms with E-state index in [9.17, 15) is 14.7 Å². The Kier molecular flexibility index (Phi) is 6.41. The number of amides is 1. The molecule has 0 aliphatic carbocycles. The van der Waals surface area contributed by atoms with Crippen LogP contribution in [0.4, 0.5) is 5.69 Å². The Labute approximate surface area is 171 Å². The largest absolute Gasteiger partial charge is 0.507 e. The van der Waals surface area contributed by atoms with E-state index in [1.807, 2.05) is 0 Å². The summed E-state index contributed by atoms with van der Waals surface area (Å²) >= 11 is 5.82. The Morgan fingerprint density at radius 2 is 1.86 bits per heavy atom. The van der Waals surface area contributed by atoms with Gasteiger partial charge in [0.25, 0.3) is 5.91 Å². The van der Waals surface area contributed by atoms with Crippen LogP contribution in [0.1, 0.15) is 33.6 Å². The first kappa shape index (κ1) is 20.3. The van der Waals surface area contributed by atoms with E-state index in [2.05, 4.69) is 5.32 Å². The molecule has 1 amide bonds. The Balaban J connectivity index is 1.60. The average molecular weight is 416 g/mol. The van der Waals surface area contributed by atoms with Crippen molar-refractivity contribution in [3.63, 3.8) is 0 Å². The lowest BCUT2D eigenvalue weighted by molar-refractivity contribution is 0.0523. The minimum absolute atomic E-state index is 0.0180. The van der Waals surface area contributed by atoms with Crippen molar-refractivity contribution in [2.75, 3.05) is 11.9 Å². The molecule has 8 heteroatoms. The molecule has 0 atom stereocenters. The van der Waals surface area contributed by atoms with E-state index >= 15 is 0 Å². The Bertz CT molecular complexity index is 1010. The van der Waals surface area contributed by atoms with Gasteiger partial charge in [-0.1, -0.05) is 11.6 Å². The third-order valence-electron chi connectivity index (χ3n) is 3.83. The lowest BCUT2D eigenvalue weighted by Gasteiger charge is -2.08. The Morgan fingerprint density at radius 3 is 2.55 bits per heavy atom. The van der Waals surface area contributed by atoms with E-state index in [1.54, 1.807) is 37.3 Å².